The zero-order chi connectivity index (χ0) is 19.4. The lowest BCUT2D eigenvalue weighted by Gasteiger charge is -2.09. The van der Waals surface area contributed by atoms with Gasteiger partial charge in [0.25, 0.3) is 15.9 Å². The largest absolute Gasteiger partial charge is 0.322 e. The van der Waals surface area contributed by atoms with Crippen molar-refractivity contribution in [1.82, 2.24) is 4.98 Å². The molecule has 0 spiro atoms. The first-order valence-electron chi connectivity index (χ1n) is 7.56. The fourth-order valence-corrected chi connectivity index (χ4v) is 4.60. The van der Waals surface area contributed by atoms with Crippen LogP contribution in [0, 0.1) is 0 Å². The summed E-state index contributed by atoms with van der Waals surface area (Å²) in [5.41, 5.74) is 0.810. The van der Waals surface area contributed by atoms with Crippen LogP contribution in [0.3, 0.4) is 0 Å². The minimum absolute atomic E-state index is 0.0677. The van der Waals surface area contributed by atoms with E-state index >= 15 is 0 Å². The molecule has 0 saturated carbocycles. The molecule has 1 amide bonds. The number of aromatic nitrogens is 1. The highest BCUT2D eigenvalue weighted by Crippen LogP contribution is 2.24. The van der Waals surface area contributed by atoms with Gasteiger partial charge in [0.15, 0.2) is 5.13 Å². The topological polar surface area (TPSA) is 88.2 Å². The van der Waals surface area contributed by atoms with Crippen molar-refractivity contribution in [3.8, 4) is 0 Å². The van der Waals surface area contributed by atoms with Crippen molar-refractivity contribution < 1.29 is 13.2 Å². The van der Waals surface area contributed by atoms with Gasteiger partial charge in [-0.3, -0.25) is 9.52 Å². The van der Waals surface area contributed by atoms with Crippen molar-refractivity contribution in [2.45, 2.75) is 9.79 Å². The Labute approximate surface area is 170 Å². The van der Waals surface area contributed by atoms with Crippen LogP contribution in [0.15, 0.2) is 63.8 Å². The molecule has 2 aromatic carbocycles. The average molecular weight is 440 g/mol. The number of anilines is 2. The Kier molecular flexibility index (Phi) is 6.05. The molecule has 1 aromatic heterocycles. The van der Waals surface area contributed by atoms with Crippen molar-refractivity contribution in [2.75, 3.05) is 16.3 Å². The van der Waals surface area contributed by atoms with E-state index in [2.05, 4.69) is 15.0 Å². The van der Waals surface area contributed by atoms with Crippen LogP contribution in [0.2, 0.25) is 5.02 Å². The fraction of sp³-hybridized carbons (Fsp3) is 0.0588. The molecule has 0 unspecified atom stereocenters. The maximum absolute atomic E-state index is 12.5. The number of carbonyl (C=O) groups excluding carboxylic acids is 1. The molecule has 140 valence electrons. The number of thioether (sulfide) groups is 1. The zero-order valence-corrected chi connectivity index (χ0v) is 17.2. The normalized spacial score (nSPS) is 11.2. The lowest BCUT2D eigenvalue weighted by molar-refractivity contribution is 0.102. The van der Waals surface area contributed by atoms with E-state index in [0.29, 0.717) is 16.3 Å². The Hall–Kier alpha value is -2.07. The number of amides is 1. The number of benzene rings is 2. The number of nitrogens with zero attached hydrogens (tertiary/aromatic N) is 1. The lowest BCUT2D eigenvalue weighted by atomic mass is 10.2. The van der Waals surface area contributed by atoms with Gasteiger partial charge in [0, 0.05) is 22.2 Å². The molecule has 0 fully saturated rings. The summed E-state index contributed by atoms with van der Waals surface area (Å²) >= 11 is 8.79. The van der Waals surface area contributed by atoms with Gasteiger partial charge < -0.3 is 5.32 Å². The molecule has 0 aliphatic rings. The predicted molar refractivity (Wildman–Crippen MR) is 111 cm³/mol. The van der Waals surface area contributed by atoms with E-state index in [1.165, 1.54) is 53.6 Å². The summed E-state index contributed by atoms with van der Waals surface area (Å²) in [6.45, 7) is 0. The molecule has 0 saturated heterocycles. The monoisotopic (exact) mass is 439 g/mol. The number of hydrogen-bond donors (Lipinski definition) is 2. The van der Waals surface area contributed by atoms with Gasteiger partial charge in [-0.2, -0.15) is 0 Å². The third-order valence-corrected chi connectivity index (χ3v) is 6.72. The molecule has 1 heterocycles. The van der Waals surface area contributed by atoms with E-state index in [-0.39, 0.29) is 15.9 Å². The molecule has 2 N–H and O–H groups in total. The fourth-order valence-electron chi connectivity index (χ4n) is 2.17. The molecule has 6 nitrogen and oxygen atoms in total. The second-order valence-electron chi connectivity index (χ2n) is 5.27. The SMILES string of the molecule is CSc1ccc(Cl)c(C(=O)Nc2ccc(S(=O)(=O)Nc3nccs3)cc2)c1. The van der Waals surface area contributed by atoms with Crippen LogP contribution in [-0.4, -0.2) is 25.6 Å². The van der Waals surface area contributed by atoms with Gasteiger partial charge in [-0.25, -0.2) is 13.4 Å². The van der Waals surface area contributed by atoms with Crippen LogP contribution in [0.25, 0.3) is 0 Å². The van der Waals surface area contributed by atoms with Crippen LogP contribution in [0.1, 0.15) is 10.4 Å². The standard InChI is InChI=1S/C17H14ClN3O3S3/c1-25-12-4-7-15(18)14(10-12)16(22)20-11-2-5-13(6-3-11)27(23,24)21-17-19-8-9-26-17/h2-10H,1H3,(H,19,21)(H,20,22). The predicted octanol–water partition coefficient (Wildman–Crippen LogP) is 4.57. The number of nitrogens with one attached hydrogen (secondary N) is 2. The quantitative estimate of drug-likeness (QED) is 0.549. The maximum Gasteiger partial charge on any atom is 0.263 e. The number of halogens is 1. The van der Waals surface area contributed by atoms with Gasteiger partial charge in [-0.1, -0.05) is 11.6 Å². The minimum atomic E-state index is -3.74. The summed E-state index contributed by atoms with van der Waals surface area (Å²) in [6, 6.07) is 11.1. The molecule has 0 bridgehead atoms. The van der Waals surface area contributed by atoms with Gasteiger partial charge in [0.2, 0.25) is 0 Å². The summed E-state index contributed by atoms with van der Waals surface area (Å²) in [6.07, 6.45) is 3.42. The first-order chi connectivity index (χ1) is 12.9. The van der Waals surface area contributed by atoms with E-state index in [9.17, 15) is 13.2 Å². The van der Waals surface area contributed by atoms with Crippen molar-refractivity contribution in [1.29, 1.82) is 0 Å². The smallest absolute Gasteiger partial charge is 0.263 e. The summed E-state index contributed by atoms with van der Waals surface area (Å²) in [4.78, 5) is 17.3. The van der Waals surface area contributed by atoms with Crippen molar-refractivity contribution in [3.05, 3.63) is 64.6 Å². The molecule has 0 aliphatic heterocycles. The summed E-state index contributed by atoms with van der Waals surface area (Å²) in [5.74, 6) is -0.368. The Morgan fingerprint density at radius 1 is 1.19 bits per heavy atom. The molecular weight excluding hydrogens is 426 g/mol. The Morgan fingerprint density at radius 3 is 2.56 bits per heavy atom. The molecule has 3 rings (SSSR count). The van der Waals surface area contributed by atoms with Crippen LogP contribution in [-0.2, 0) is 10.0 Å². The molecule has 0 radical (unpaired) electrons. The third kappa shape index (κ3) is 4.81. The molecule has 27 heavy (non-hydrogen) atoms. The average Bonchev–Trinajstić information content (AvgIpc) is 3.15. The second kappa shape index (κ2) is 8.30. The van der Waals surface area contributed by atoms with Gasteiger partial charge in [0.1, 0.15) is 0 Å². The van der Waals surface area contributed by atoms with Gasteiger partial charge in [-0.15, -0.1) is 23.1 Å². The number of rotatable bonds is 6. The second-order valence-corrected chi connectivity index (χ2v) is 9.13. The Balaban J connectivity index is 1.75. The van der Waals surface area contributed by atoms with E-state index in [4.69, 9.17) is 11.6 Å². The van der Waals surface area contributed by atoms with Crippen LogP contribution >= 0.6 is 34.7 Å². The first-order valence-corrected chi connectivity index (χ1v) is 11.5. The molecular formula is C17H14ClN3O3S3. The lowest BCUT2D eigenvalue weighted by Crippen LogP contribution is -2.14. The first kappa shape index (κ1) is 19.7. The highest BCUT2D eigenvalue weighted by atomic mass is 35.5. The van der Waals surface area contributed by atoms with Crippen LogP contribution in [0.4, 0.5) is 10.8 Å². The number of carbonyl (C=O) groups is 1. The highest BCUT2D eigenvalue weighted by Gasteiger charge is 2.16. The Bertz CT molecular complexity index is 1050. The van der Waals surface area contributed by atoms with Crippen molar-refractivity contribution >= 4 is 61.4 Å². The van der Waals surface area contributed by atoms with Crippen molar-refractivity contribution in [3.63, 3.8) is 0 Å². The number of thiazole rings is 1. The Morgan fingerprint density at radius 2 is 1.93 bits per heavy atom. The van der Waals surface area contributed by atoms with E-state index in [0.717, 1.165) is 4.90 Å². The molecule has 0 atom stereocenters. The molecule has 0 aliphatic carbocycles. The van der Waals surface area contributed by atoms with Gasteiger partial charge in [-0.05, 0) is 48.7 Å². The van der Waals surface area contributed by atoms with Gasteiger partial charge >= 0.3 is 0 Å². The molecule has 3 aromatic rings. The van der Waals surface area contributed by atoms with E-state index in [1.54, 1.807) is 17.5 Å². The van der Waals surface area contributed by atoms with Crippen LogP contribution in [0.5, 0.6) is 0 Å². The summed E-state index contributed by atoms with van der Waals surface area (Å²) < 4.78 is 27.0. The molecule has 10 heteroatoms. The summed E-state index contributed by atoms with van der Waals surface area (Å²) in [5, 5.41) is 5.02. The van der Waals surface area contributed by atoms with Crippen molar-refractivity contribution in [2.24, 2.45) is 0 Å². The van der Waals surface area contributed by atoms with E-state index < -0.39 is 10.0 Å². The van der Waals surface area contributed by atoms with Gasteiger partial charge in [0.05, 0.1) is 15.5 Å². The maximum atomic E-state index is 12.5. The zero-order valence-electron chi connectivity index (χ0n) is 14.0. The van der Waals surface area contributed by atoms with Crippen LogP contribution < -0.4 is 10.0 Å². The summed E-state index contributed by atoms with van der Waals surface area (Å²) in [7, 11) is -3.74. The number of hydrogen-bond acceptors (Lipinski definition) is 6. The third-order valence-electron chi connectivity index (χ3n) is 3.49. The highest BCUT2D eigenvalue weighted by molar-refractivity contribution is 7.98. The number of sulfonamides is 1. The minimum Gasteiger partial charge on any atom is -0.322 e. The van der Waals surface area contributed by atoms with E-state index in [1.807, 2.05) is 12.3 Å².